The molecule has 1 aromatic carbocycles. The number of hydrogen-bond acceptors (Lipinski definition) is 4. The normalized spacial score (nSPS) is 10.3. The summed E-state index contributed by atoms with van der Waals surface area (Å²) in [5.74, 6) is 0.593. The predicted octanol–water partition coefficient (Wildman–Crippen LogP) is 2.78. The molecule has 0 spiro atoms. The second-order valence-corrected chi connectivity index (χ2v) is 4.08. The van der Waals surface area contributed by atoms with Gasteiger partial charge in [0.1, 0.15) is 0 Å². The van der Waals surface area contributed by atoms with Crippen molar-refractivity contribution in [1.29, 1.82) is 0 Å². The third-order valence-electron chi connectivity index (χ3n) is 2.33. The minimum Gasteiger partial charge on any atom is -0.422 e. The molecule has 4 heteroatoms. The number of hydrogen-bond donors (Lipinski definition) is 1. The average molecular weight is 229 g/mol. The van der Waals surface area contributed by atoms with E-state index in [1.54, 1.807) is 0 Å². The van der Waals surface area contributed by atoms with Crippen LogP contribution in [0.15, 0.2) is 24.3 Å². The molecule has 2 rings (SSSR count). The highest BCUT2D eigenvalue weighted by molar-refractivity contribution is 5.54. The number of nitrogens with zero attached hydrogens (tertiary/aromatic N) is 2. The smallest absolute Gasteiger partial charge is 0.322 e. The molecule has 4 nitrogen and oxygen atoms in total. The van der Waals surface area contributed by atoms with Crippen LogP contribution in [0.4, 0.5) is 5.69 Å². The lowest BCUT2D eigenvalue weighted by Crippen LogP contribution is -1.98. The molecule has 1 aromatic heterocycles. The van der Waals surface area contributed by atoms with E-state index in [-0.39, 0.29) is 0 Å². The van der Waals surface area contributed by atoms with E-state index in [1.165, 1.54) is 0 Å². The van der Waals surface area contributed by atoms with Crippen LogP contribution in [-0.4, -0.2) is 9.97 Å². The number of anilines is 1. The molecular weight excluding hydrogens is 214 g/mol. The lowest BCUT2D eigenvalue weighted by Gasteiger charge is -2.08. The minimum absolute atomic E-state index is 0.333. The van der Waals surface area contributed by atoms with Gasteiger partial charge in [0, 0.05) is 11.4 Å². The first-order valence-corrected chi connectivity index (χ1v) is 5.41. The van der Waals surface area contributed by atoms with Crippen LogP contribution in [0.3, 0.4) is 0 Å². The van der Waals surface area contributed by atoms with Gasteiger partial charge >= 0.3 is 6.01 Å². The first kappa shape index (κ1) is 11.4. The number of nitrogens with two attached hydrogens (primary N) is 1. The van der Waals surface area contributed by atoms with E-state index in [0.29, 0.717) is 17.4 Å². The lowest BCUT2D eigenvalue weighted by atomic mass is 10.2. The standard InChI is InChI=1S/C13H15N3O/c1-8-4-5-11(14)12(6-8)17-13-15-9(2)7-10(3)16-13/h4-7H,14H2,1-3H3. The number of nitrogen functional groups attached to an aromatic ring is 1. The van der Waals surface area contributed by atoms with Gasteiger partial charge < -0.3 is 10.5 Å². The molecular formula is C13H15N3O. The maximum atomic E-state index is 5.83. The highest BCUT2D eigenvalue weighted by Crippen LogP contribution is 2.26. The summed E-state index contributed by atoms with van der Waals surface area (Å²) in [6, 6.07) is 7.85. The van der Waals surface area contributed by atoms with E-state index in [4.69, 9.17) is 10.5 Å². The summed E-state index contributed by atoms with van der Waals surface area (Å²) in [5, 5.41) is 0. The Morgan fingerprint density at radius 2 is 1.65 bits per heavy atom. The first-order valence-electron chi connectivity index (χ1n) is 5.41. The molecule has 0 aliphatic carbocycles. The summed E-state index contributed by atoms with van der Waals surface area (Å²) < 4.78 is 5.60. The molecule has 0 radical (unpaired) electrons. The summed E-state index contributed by atoms with van der Waals surface area (Å²) >= 11 is 0. The molecule has 0 bridgehead atoms. The van der Waals surface area contributed by atoms with Crippen LogP contribution in [0, 0.1) is 20.8 Å². The Morgan fingerprint density at radius 1 is 1.00 bits per heavy atom. The molecule has 0 saturated carbocycles. The average Bonchev–Trinajstić information content (AvgIpc) is 2.22. The van der Waals surface area contributed by atoms with Gasteiger partial charge in [0.25, 0.3) is 0 Å². The lowest BCUT2D eigenvalue weighted by molar-refractivity contribution is 0.440. The third kappa shape index (κ3) is 2.72. The summed E-state index contributed by atoms with van der Waals surface area (Å²) in [4.78, 5) is 8.42. The molecule has 2 aromatic rings. The van der Waals surface area contributed by atoms with E-state index in [1.807, 2.05) is 45.0 Å². The van der Waals surface area contributed by atoms with Crippen molar-refractivity contribution >= 4 is 5.69 Å². The fourth-order valence-electron chi connectivity index (χ4n) is 1.57. The molecule has 0 atom stereocenters. The Morgan fingerprint density at radius 3 is 2.29 bits per heavy atom. The van der Waals surface area contributed by atoms with Gasteiger partial charge in [-0.3, -0.25) is 0 Å². The van der Waals surface area contributed by atoms with Crippen molar-refractivity contribution in [2.75, 3.05) is 5.73 Å². The zero-order valence-electron chi connectivity index (χ0n) is 10.2. The van der Waals surface area contributed by atoms with Crippen LogP contribution in [0.25, 0.3) is 0 Å². The van der Waals surface area contributed by atoms with Gasteiger partial charge in [-0.2, -0.15) is 0 Å². The Kier molecular flexibility index (Phi) is 2.95. The van der Waals surface area contributed by atoms with Crippen molar-refractivity contribution < 1.29 is 4.74 Å². The Bertz CT molecular complexity index is 532. The summed E-state index contributed by atoms with van der Waals surface area (Å²) in [6.07, 6.45) is 0. The van der Waals surface area contributed by atoms with E-state index in [2.05, 4.69) is 9.97 Å². The molecule has 17 heavy (non-hydrogen) atoms. The molecule has 0 aliphatic rings. The predicted molar refractivity (Wildman–Crippen MR) is 67.2 cm³/mol. The molecule has 0 aliphatic heterocycles. The van der Waals surface area contributed by atoms with Crippen LogP contribution in [0.5, 0.6) is 11.8 Å². The molecule has 0 fully saturated rings. The van der Waals surface area contributed by atoms with Gasteiger partial charge in [-0.25, -0.2) is 9.97 Å². The van der Waals surface area contributed by atoms with Crippen molar-refractivity contribution in [1.82, 2.24) is 9.97 Å². The molecule has 0 saturated heterocycles. The van der Waals surface area contributed by atoms with Crippen molar-refractivity contribution in [2.24, 2.45) is 0 Å². The zero-order valence-corrected chi connectivity index (χ0v) is 10.2. The van der Waals surface area contributed by atoms with E-state index < -0.39 is 0 Å². The molecule has 88 valence electrons. The maximum Gasteiger partial charge on any atom is 0.322 e. The fourth-order valence-corrected chi connectivity index (χ4v) is 1.57. The van der Waals surface area contributed by atoms with Crippen molar-refractivity contribution in [3.05, 3.63) is 41.2 Å². The number of benzene rings is 1. The highest BCUT2D eigenvalue weighted by Gasteiger charge is 2.06. The second kappa shape index (κ2) is 4.41. The van der Waals surface area contributed by atoms with Gasteiger partial charge in [-0.1, -0.05) is 6.07 Å². The quantitative estimate of drug-likeness (QED) is 0.804. The van der Waals surface area contributed by atoms with E-state index in [0.717, 1.165) is 17.0 Å². The van der Waals surface area contributed by atoms with Crippen LogP contribution in [0.1, 0.15) is 17.0 Å². The zero-order chi connectivity index (χ0) is 12.4. The first-order chi connectivity index (χ1) is 8.04. The number of aryl methyl sites for hydroxylation is 3. The molecule has 2 N–H and O–H groups in total. The molecule has 1 heterocycles. The minimum atomic E-state index is 0.333. The molecule has 0 amide bonds. The van der Waals surface area contributed by atoms with Crippen LogP contribution in [0.2, 0.25) is 0 Å². The molecule has 0 unspecified atom stereocenters. The number of ether oxygens (including phenoxy) is 1. The van der Waals surface area contributed by atoms with Gasteiger partial charge in [0.2, 0.25) is 0 Å². The summed E-state index contributed by atoms with van der Waals surface area (Å²) in [6.45, 7) is 5.79. The fraction of sp³-hybridized carbons (Fsp3) is 0.231. The van der Waals surface area contributed by atoms with E-state index in [9.17, 15) is 0 Å². The summed E-state index contributed by atoms with van der Waals surface area (Å²) in [5.41, 5.74) is 9.24. The monoisotopic (exact) mass is 229 g/mol. The largest absolute Gasteiger partial charge is 0.422 e. The van der Waals surface area contributed by atoms with Crippen molar-refractivity contribution in [3.63, 3.8) is 0 Å². The second-order valence-electron chi connectivity index (χ2n) is 4.08. The van der Waals surface area contributed by atoms with Crippen molar-refractivity contribution in [3.8, 4) is 11.8 Å². The summed E-state index contributed by atoms with van der Waals surface area (Å²) in [7, 11) is 0. The Hall–Kier alpha value is -2.10. The maximum absolute atomic E-state index is 5.83. The van der Waals surface area contributed by atoms with Gasteiger partial charge in [0.15, 0.2) is 5.75 Å². The van der Waals surface area contributed by atoms with Crippen LogP contribution >= 0.6 is 0 Å². The van der Waals surface area contributed by atoms with Gasteiger partial charge in [0.05, 0.1) is 5.69 Å². The van der Waals surface area contributed by atoms with Gasteiger partial charge in [-0.05, 0) is 44.5 Å². The number of rotatable bonds is 2. The Labute approximate surface area is 100 Å². The SMILES string of the molecule is Cc1ccc(N)c(Oc2nc(C)cc(C)n2)c1. The Balaban J connectivity index is 2.34. The van der Waals surface area contributed by atoms with Gasteiger partial charge in [-0.15, -0.1) is 0 Å². The third-order valence-corrected chi connectivity index (χ3v) is 2.33. The van der Waals surface area contributed by atoms with Crippen molar-refractivity contribution in [2.45, 2.75) is 20.8 Å². The number of aromatic nitrogens is 2. The van der Waals surface area contributed by atoms with Crippen LogP contribution < -0.4 is 10.5 Å². The topological polar surface area (TPSA) is 61.0 Å². The van der Waals surface area contributed by atoms with E-state index >= 15 is 0 Å². The highest BCUT2D eigenvalue weighted by atomic mass is 16.5. The van der Waals surface area contributed by atoms with Crippen LogP contribution in [-0.2, 0) is 0 Å².